The fourth-order valence-corrected chi connectivity index (χ4v) is 3.34. The molecule has 8 heteroatoms. The quantitative estimate of drug-likeness (QED) is 0.507. The molecule has 0 aliphatic heterocycles. The maximum atomic E-state index is 12.4. The number of carbonyl (C=O) groups is 2. The molecule has 2 aromatic carbocycles. The number of aromatic nitrogens is 1. The predicted octanol–water partition coefficient (Wildman–Crippen LogP) is 5.29. The zero-order valence-electron chi connectivity index (χ0n) is 16.0. The fraction of sp³-hybridized carbons (Fsp3) is 0.238. The molecular formula is C21H20BrN3O4. The summed E-state index contributed by atoms with van der Waals surface area (Å²) >= 11 is 3.25. The van der Waals surface area contributed by atoms with Gasteiger partial charge in [0.25, 0.3) is 11.8 Å². The number of aromatic hydroxyl groups is 2. The predicted molar refractivity (Wildman–Crippen MR) is 112 cm³/mol. The van der Waals surface area contributed by atoms with Crippen LogP contribution in [0.1, 0.15) is 41.0 Å². The van der Waals surface area contributed by atoms with Crippen molar-refractivity contribution in [3.05, 3.63) is 58.1 Å². The topological polar surface area (TPSA) is 104 Å². The SMILES string of the molecule is CC(C)CCn1c(O)c2ccc(C(=O)N=NC(=O)c3ccccc3Br)cc2c1O. The Labute approximate surface area is 175 Å². The van der Waals surface area contributed by atoms with Crippen molar-refractivity contribution in [1.29, 1.82) is 0 Å². The minimum absolute atomic E-state index is 0.0529. The highest BCUT2D eigenvalue weighted by atomic mass is 79.9. The molecule has 1 heterocycles. The van der Waals surface area contributed by atoms with Crippen molar-refractivity contribution < 1.29 is 19.8 Å². The van der Waals surface area contributed by atoms with Crippen LogP contribution in [0.3, 0.4) is 0 Å². The Hall–Kier alpha value is -3.00. The molecule has 150 valence electrons. The molecular weight excluding hydrogens is 438 g/mol. The van der Waals surface area contributed by atoms with E-state index in [0.29, 0.717) is 33.3 Å². The first kappa shape index (κ1) is 20.7. The lowest BCUT2D eigenvalue weighted by Gasteiger charge is -2.08. The summed E-state index contributed by atoms with van der Waals surface area (Å²) in [5, 5.41) is 28.6. The third-order valence-corrected chi connectivity index (χ3v) is 5.22. The largest absolute Gasteiger partial charge is 0.494 e. The van der Waals surface area contributed by atoms with Crippen molar-refractivity contribution >= 4 is 38.5 Å². The Morgan fingerprint density at radius 2 is 1.66 bits per heavy atom. The van der Waals surface area contributed by atoms with E-state index in [0.717, 1.165) is 6.42 Å². The molecule has 29 heavy (non-hydrogen) atoms. The van der Waals surface area contributed by atoms with E-state index in [9.17, 15) is 19.8 Å². The summed E-state index contributed by atoms with van der Waals surface area (Å²) in [6, 6.07) is 11.1. The van der Waals surface area contributed by atoms with Crippen LogP contribution in [0.5, 0.6) is 11.8 Å². The van der Waals surface area contributed by atoms with Crippen LogP contribution < -0.4 is 0 Å². The van der Waals surface area contributed by atoms with Crippen LogP contribution in [0, 0.1) is 5.92 Å². The highest BCUT2D eigenvalue weighted by Gasteiger charge is 2.18. The van der Waals surface area contributed by atoms with Gasteiger partial charge in [-0.15, -0.1) is 10.2 Å². The number of halogens is 1. The molecule has 0 atom stereocenters. The van der Waals surface area contributed by atoms with Gasteiger partial charge >= 0.3 is 0 Å². The third-order valence-electron chi connectivity index (χ3n) is 4.53. The van der Waals surface area contributed by atoms with Gasteiger partial charge in [0.2, 0.25) is 11.8 Å². The molecule has 0 saturated carbocycles. The Morgan fingerprint density at radius 3 is 2.34 bits per heavy atom. The van der Waals surface area contributed by atoms with Gasteiger partial charge in [-0.3, -0.25) is 14.2 Å². The molecule has 0 fully saturated rings. The number of hydrogen-bond donors (Lipinski definition) is 2. The summed E-state index contributed by atoms with van der Waals surface area (Å²) in [5.74, 6) is -1.13. The maximum Gasteiger partial charge on any atom is 0.296 e. The van der Waals surface area contributed by atoms with E-state index in [-0.39, 0.29) is 17.3 Å². The minimum atomic E-state index is -0.721. The van der Waals surface area contributed by atoms with E-state index in [2.05, 4.69) is 26.2 Å². The highest BCUT2D eigenvalue weighted by Crippen LogP contribution is 2.37. The number of nitrogens with zero attached hydrogens (tertiary/aromatic N) is 3. The number of azo groups is 1. The second-order valence-electron chi connectivity index (χ2n) is 7.03. The lowest BCUT2D eigenvalue weighted by molar-refractivity contribution is 0.0946. The second-order valence-corrected chi connectivity index (χ2v) is 7.89. The van der Waals surface area contributed by atoms with Crippen LogP contribution in [0.4, 0.5) is 0 Å². The molecule has 0 spiro atoms. The van der Waals surface area contributed by atoms with Gasteiger partial charge in [0.05, 0.1) is 5.56 Å². The lowest BCUT2D eigenvalue weighted by Crippen LogP contribution is -2.00. The summed E-state index contributed by atoms with van der Waals surface area (Å²) in [5.41, 5.74) is 0.446. The number of fused-ring (bicyclic) bond motifs is 1. The van der Waals surface area contributed by atoms with Gasteiger partial charge in [0.1, 0.15) is 0 Å². The fourth-order valence-electron chi connectivity index (χ4n) is 2.88. The van der Waals surface area contributed by atoms with Crippen molar-refractivity contribution in [3.8, 4) is 11.8 Å². The summed E-state index contributed by atoms with van der Waals surface area (Å²) in [6.45, 7) is 4.55. The van der Waals surface area contributed by atoms with Gasteiger partial charge in [0.15, 0.2) is 0 Å². The van der Waals surface area contributed by atoms with Crippen molar-refractivity contribution in [2.45, 2.75) is 26.8 Å². The Bertz CT molecular complexity index is 1120. The molecule has 2 amide bonds. The standard InChI is InChI=1S/C21H20BrN3O4/c1-12(2)9-10-25-20(28)14-8-7-13(11-16(14)21(25)29)18(26)23-24-19(27)15-5-3-4-6-17(15)22/h3-8,11-12,28-29H,9-10H2,1-2H3. The monoisotopic (exact) mass is 457 g/mol. The smallest absolute Gasteiger partial charge is 0.296 e. The van der Waals surface area contributed by atoms with E-state index in [1.165, 1.54) is 22.8 Å². The Kier molecular flexibility index (Phi) is 6.12. The van der Waals surface area contributed by atoms with Crippen molar-refractivity contribution in [1.82, 2.24) is 4.57 Å². The molecule has 0 radical (unpaired) electrons. The van der Waals surface area contributed by atoms with Crippen LogP contribution in [-0.4, -0.2) is 26.6 Å². The molecule has 2 N–H and O–H groups in total. The normalized spacial score (nSPS) is 11.6. The molecule has 1 aromatic heterocycles. The van der Waals surface area contributed by atoms with Crippen LogP contribution in [-0.2, 0) is 6.54 Å². The van der Waals surface area contributed by atoms with E-state index in [4.69, 9.17) is 0 Å². The first-order valence-corrected chi connectivity index (χ1v) is 9.88. The van der Waals surface area contributed by atoms with Crippen LogP contribution >= 0.6 is 15.9 Å². The van der Waals surface area contributed by atoms with Crippen molar-refractivity contribution in [3.63, 3.8) is 0 Å². The number of hydrogen-bond acceptors (Lipinski definition) is 4. The zero-order chi connectivity index (χ0) is 21.1. The molecule has 0 unspecified atom stereocenters. The van der Waals surface area contributed by atoms with E-state index < -0.39 is 11.8 Å². The average Bonchev–Trinajstić information content (AvgIpc) is 2.94. The number of rotatable bonds is 5. The molecule has 3 aromatic rings. The summed E-state index contributed by atoms with van der Waals surface area (Å²) < 4.78 is 1.97. The lowest BCUT2D eigenvalue weighted by atomic mass is 10.1. The van der Waals surface area contributed by atoms with Gasteiger partial charge in [0, 0.05) is 27.4 Å². The van der Waals surface area contributed by atoms with Crippen molar-refractivity contribution in [2.24, 2.45) is 16.1 Å². The molecule has 0 bridgehead atoms. The second kappa shape index (κ2) is 8.57. The number of amides is 2. The minimum Gasteiger partial charge on any atom is -0.494 e. The van der Waals surface area contributed by atoms with Gasteiger partial charge in [-0.25, -0.2) is 0 Å². The maximum absolute atomic E-state index is 12.4. The van der Waals surface area contributed by atoms with Crippen LogP contribution in [0.2, 0.25) is 0 Å². The Balaban J connectivity index is 1.86. The number of benzene rings is 2. The zero-order valence-corrected chi connectivity index (χ0v) is 17.5. The first-order chi connectivity index (χ1) is 13.8. The molecule has 0 saturated heterocycles. The van der Waals surface area contributed by atoms with E-state index in [1.807, 2.05) is 13.8 Å². The van der Waals surface area contributed by atoms with Gasteiger partial charge in [-0.2, -0.15) is 0 Å². The van der Waals surface area contributed by atoms with Crippen LogP contribution in [0.25, 0.3) is 10.8 Å². The van der Waals surface area contributed by atoms with Gasteiger partial charge < -0.3 is 10.2 Å². The van der Waals surface area contributed by atoms with Gasteiger partial charge in [-0.05, 0) is 58.6 Å². The summed E-state index contributed by atoms with van der Waals surface area (Å²) in [4.78, 5) is 24.5. The van der Waals surface area contributed by atoms with Gasteiger partial charge in [-0.1, -0.05) is 26.0 Å². The molecule has 7 nitrogen and oxygen atoms in total. The molecule has 0 aliphatic carbocycles. The molecule has 0 aliphatic rings. The molecule has 3 rings (SSSR count). The Morgan fingerprint density at radius 1 is 1.00 bits per heavy atom. The van der Waals surface area contributed by atoms with E-state index >= 15 is 0 Å². The van der Waals surface area contributed by atoms with E-state index in [1.54, 1.807) is 24.3 Å². The van der Waals surface area contributed by atoms with Crippen LogP contribution in [0.15, 0.2) is 57.2 Å². The number of carbonyl (C=O) groups excluding carboxylic acids is 2. The highest BCUT2D eigenvalue weighted by molar-refractivity contribution is 9.10. The summed E-state index contributed by atoms with van der Waals surface area (Å²) in [7, 11) is 0. The first-order valence-electron chi connectivity index (χ1n) is 9.08. The van der Waals surface area contributed by atoms with Crippen molar-refractivity contribution in [2.75, 3.05) is 0 Å². The third kappa shape index (κ3) is 4.37. The summed E-state index contributed by atoms with van der Waals surface area (Å²) in [6.07, 6.45) is 0.777. The average molecular weight is 458 g/mol.